The molecule has 0 aliphatic carbocycles. The molecule has 5 aromatic heterocycles. The highest BCUT2D eigenvalue weighted by Crippen LogP contribution is 2.30. The minimum absolute atomic E-state index is 0.00962. The summed E-state index contributed by atoms with van der Waals surface area (Å²) in [6, 6.07) is 33.9. The van der Waals surface area contributed by atoms with Crippen molar-refractivity contribution in [2.24, 2.45) is 17.8 Å². The van der Waals surface area contributed by atoms with Crippen LogP contribution in [-0.4, -0.2) is 209 Å². The minimum Gasteiger partial charge on any atom is -0.478 e. The van der Waals surface area contributed by atoms with E-state index < -0.39 is 76.2 Å². The van der Waals surface area contributed by atoms with Crippen molar-refractivity contribution in [3.63, 3.8) is 0 Å². The Morgan fingerprint density at radius 1 is 0.480 bits per heavy atom. The first-order valence-electron chi connectivity index (χ1n) is 46.0. The van der Waals surface area contributed by atoms with Gasteiger partial charge >= 0.3 is 35.9 Å². The molecule has 3 aliphatic heterocycles. The standard InChI is InChI=1S/C21H26FN3O3.C17H17FN4O.C16H20FN3.C12H11FN2O2.C12H12FNO4.C11H9FN2O2.C9H8FNO3.C8H8FNO2/c1-14-11-25(13-23-14)16-5-6-17(18(22)10-16)19(26)9-15-7-8-24(12-15)20(27)28-21(2,3)4;1-12-8-22(11-20-12)14-2-3-15(16(18)7-14)17(23)6-13-4-5-21(9-13)10-19;1-12-10-20(11-19-12)15-5-4-14(16(17)8-15)3-2-13-6-7-18-9-13;1-8-6-15(7-14-8)9-3-4-10(11(13)5-9)12(16)17-2;1-8(16)6-14(7-15)9-3-4-10(11(13)5-9)12(17)18-2;1-7-5-14(6-13-7)8-2-3-9(11(15)16)10(12)4-8;1-14-9(13)7-3-2-6(11-5-12)4-8(7)10;1-12-8(11)6-3-2-5(10)4-7(6)9/h5-6,10-11,13,15H,7-9,12H2,1-4H3;2-3,7-8,11,13H,4-6,9H2,1H3;4-5,8,10-11,13,18H,2-3,6-7,9H2,1H3;3-7H,1-2H3;3-5,7H,6H2,1-2H3;2-6H,1H3,(H,15,16);2-5H,1H3,(H,11,12);2-4H,10H2,1H3/t15-;2*13-;;;;;/m001...../s1. The number of aryl methyl sites for hydroxylation is 6. The first kappa shape index (κ1) is 114. The number of aromatic nitrogens is 10. The number of nitriles is 1. The van der Waals surface area contributed by atoms with Crippen LogP contribution in [-0.2, 0) is 44.5 Å². The summed E-state index contributed by atoms with van der Waals surface area (Å²) in [6.45, 7) is 20.4. The largest absolute Gasteiger partial charge is 0.478 e. The number of Topliss-reactive ketones (excluding diaryl/α,β-unsaturated/α-hetero) is 3. The van der Waals surface area contributed by atoms with Crippen LogP contribution in [0.5, 0.6) is 0 Å². The van der Waals surface area contributed by atoms with E-state index in [1.807, 2.05) is 78.3 Å². The number of hydrogen-bond acceptors (Lipinski definition) is 25. The number of carbonyl (C=O) groups excluding carboxylic acids is 10. The molecule has 42 heteroatoms. The number of aromatic carboxylic acids is 1. The molecule has 3 fully saturated rings. The van der Waals surface area contributed by atoms with Gasteiger partial charge in [-0.05, 0) is 270 Å². The zero-order valence-corrected chi connectivity index (χ0v) is 83.3. The quantitative estimate of drug-likeness (QED) is 0.00785. The zero-order chi connectivity index (χ0) is 108. The molecule has 0 radical (unpaired) electrons. The Morgan fingerprint density at radius 2 is 0.851 bits per heavy atom. The van der Waals surface area contributed by atoms with E-state index in [4.69, 9.17) is 20.8 Å². The van der Waals surface area contributed by atoms with Gasteiger partial charge in [-0.25, -0.2) is 88.8 Å². The molecule has 3 saturated heterocycles. The summed E-state index contributed by atoms with van der Waals surface area (Å²) in [5.74, 6) is -8.82. The Balaban J connectivity index is 0.000000190. The molecule has 34 nitrogen and oxygen atoms in total. The number of hydrogen-bond donors (Lipinski definition) is 4. The molecule has 0 spiro atoms. The summed E-state index contributed by atoms with van der Waals surface area (Å²) in [5.41, 5.74) is 13.1. The molecule has 0 bridgehead atoms. The Labute approximate surface area is 847 Å². The highest BCUT2D eigenvalue weighted by atomic mass is 19.2. The van der Waals surface area contributed by atoms with Crippen molar-refractivity contribution in [3.05, 3.63) is 328 Å². The van der Waals surface area contributed by atoms with Gasteiger partial charge in [0.1, 0.15) is 57.9 Å². The number of nitrogens with one attached hydrogen (secondary N) is 2. The number of likely N-dealkylation sites (tertiary alicyclic amines) is 2. The average molecular weight is 2050 g/mol. The molecule has 3 amide bonds. The number of nitrogens with zero attached hydrogens (tertiary/aromatic N) is 14. The van der Waals surface area contributed by atoms with Crippen molar-refractivity contribution in [1.29, 1.82) is 5.26 Å². The third kappa shape index (κ3) is 33.7. The van der Waals surface area contributed by atoms with Gasteiger partial charge < -0.3 is 82.7 Å². The van der Waals surface area contributed by atoms with Gasteiger partial charge in [0, 0.05) is 116 Å². The molecule has 16 rings (SSSR count). The van der Waals surface area contributed by atoms with E-state index in [2.05, 4.69) is 60.7 Å². The van der Waals surface area contributed by atoms with Crippen molar-refractivity contribution >= 4 is 83.2 Å². The second-order valence-electron chi connectivity index (χ2n) is 35.0. The number of carbonyl (C=O) groups is 11. The lowest BCUT2D eigenvalue weighted by atomic mass is 9.97. The SMILES string of the molecule is COC(=O)c1ccc(-n2cnc(C)c2)cc1F.COC(=O)c1ccc(N(C=O)CC(C)=O)cc1F.COC(=O)c1ccc(N)cc1F.COC(=O)c1ccc(NC=O)cc1F.Cc1cn(-c2ccc(C(=O)C[C@@H]3CCN(C#N)C3)c(F)c2)cn1.Cc1cn(-c2ccc(C(=O)C[C@@H]3CCN(C(=O)OC(C)(C)C)C3)c(F)c2)cn1.Cc1cn(-c2ccc(C(=O)O)c(F)c2)cn1.Cc1cn(-c2ccc(CC[C@@H]3CCNC3)c(F)c2)cn1. The number of methoxy groups -OCH3 is 4. The maximum atomic E-state index is 14.5. The van der Waals surface area contributed by atoms with Crippen LogP contribution in [0.1, 0.15) is 173 Å². The van der Waals surface area contributed by atoms with Gasteiger partial charge in [0.25, 0.3) is 0 Å². The third-order valence-corrected chi connectivity index (χ3v) is 22.6. The fourth-order valence-corrected chi connectivity index (χ4v) is 15.1. The average Bonchev–Trinajstić information content (AvgIpc) is 1.62. The summed E-state index contributed by atoms with van der Waals surface area (Å²) in [7, 11) is 4.72. The first-order chi connectivity index (χ1) is 70.4. The van der Waals surface area contributed by atoms with Crippen molar-refractivity contribution in [2.75, 3.05) is 90.2 Å². The van der Waals surface area contributed by atoms with Gasteiger partial charge in [-0.15, -0.1) is 0 Å². The lowest BCUT2D eigenvalue weighted by Gasteiger charge is -2.24. The molecule has 8 aromatic carbocycles. The van der Waals surface area contributed by atoms with Gasteiger partial charge in [0.15, 0.2) is 17.8 Å². The van der Waals surface area contributed by atoms with Crippen molar-refractivity contribution < 1.29 is 117 Å². The molecule has 3 atom stereocenters. The van der Waals surface area contributed by atoms with Crippen molar-refractivity contribution in [1.82, 2.24) is 62.9 Å². The fourth-order valence-electron chi connectivity index (χ4n) is 15.1. The number of anilines is 3. The van der Waals surface area contributed by atoms with Gasteiger partial charge in [-0.1, -0.05) is 6.07 Å². The first-order valence-corrected chi connectivity index (χ1v) is 46.0. The summed E-state index contributed by atoms with van der Waals surface area (Å²) in [6.07, 6.45) is 24.7. The Kier molecular flexibility index (Phi) is 42.2. The minimum atomic E-state index is -1.27. The molecule has 148 heavy (non-hydrogen) atoms. The van der Waals surface area contributed by atoms with Gasteiger partial charge in [-0.2, -0.15) is 5.26 Å². The molecule has 5 N–H and O–H groups in total. The maximum absolute atomic E-state index is 14.5. The number of nitrogen functional groups attached to an aromatic ring is 1. The van der Waals surface area contributed by atoms with E-state index in [0.29, 0.717) is 74.1 Å². The van der Waals surface area contributed by atoms with Crippen LogP contribution in [0.3, 0.4) is 0 Å². The molecule has 8 heterocycles. The van der Waals surface area contributed by atoms with Crippen LogP contribution in [0.25, 0.3) is 28.4 Å². The summed E-state index contributed by atoms with van der Waals surface area (Å²) >= 11 is 0. The number of esters is 4. The molecular weight excluding hydrogens is 1940 g/mol. The Bertz CT molecular complexity index is 6920. The lowest BCUT2D eigenvalue weighted by molar-refractivity contribution is -0.117. The topological polar surface area (TPSA) is 427 Å². The number of imidazole rings is 5. The Morgan fingerprint density at radius 3 is 1.19 bits per heavy atom. The number of carboxylic acid groups (broad SMARTS) is 1. The van der Waals surface area contributed by atoms with Crippen LogP contribution in [0.4, 0.5) is 57.0 Å². The fraction of sp³-hybridized carbons (Fsp3) is 0.292. The molecule has 0 saturated carbocycles. The number of rotatable bonds is 25. The number of ketones is 3. The second-order valence-corrected chi connectivity index (χ2v) is 35.0. The van der Waals surface area contributed by atoms with E-state index in [0.717, 1.165) is 102 Å². The highest BCUT2D eigenvalue weighted by molar-refractivity contribution is 5.98. The number of nitrogens with two attached hydrogens (primary N) is 1. The van der Waals surface area contributed by atoms with Gasteiger partial charge in [-0.3, -0.25) is 24.0 Å². The van der Waals surface area contributed by atoms with Crippen LogP contribution in [0, 0.1) is 110 Å². The summed E-state index contributed by atoms with van der Waals surface area (Å²) < 4.78 is 141. The third-order valence-electron chi connectivity index (χ3n) is 22.6. The van der Waals surface area contributed by atoms with E-state index in [9.17, 15) is 87.9 Å². The smallest absolute Gasteiger partial charge is 0.410 e. The van der Waals surface area contributed by atoms with Crippen LogP contribution in [0.15, 0.2) is 208 Å². The van der Waals surface area contributed by atoms with Crippen molar-refractivity contribution in [2.45, 2.75) is 113 Å². The summed E-state index contributed by atoms with van der Waals surface area (Å²) in [5, 5.41) is 23.1. The van der Waals surface area contributed by atoms with E-state index in [1.165, 1.54) is 126 Å². The lowest BCUT2D eigenvalue weighted by Crippen LogP contribution is -2.35. The monoisotopic (exact) mass is 2050 g/mol. The number of amides is 3. The van der Waals surface area contributed by atoms with Crippen molar-refractivity contribution in [3.8, 4) is 34.6 Å². The zero-order valence-electron chi connectivity index (χ0n) is 83.3. The van der Waals surface area contributed by atoms with Crippen LogP contribution in [0.2, 0.25) is 0 Å². The van der Waals surface area contributed by atoms with Gasteiger partial charge in [0.2, 0.25) is 12.8 Å². The summed E-state index contributed by atoms with van der Waals surface area (Å²) in [4.78, 5) is 148. The number of halogens is 8. The number of ether oxygens (including phenoxy) is 5. The van der Waals surface area contributed by atoms with E-state index in [-0.39, 0.29) is 116 Å². The highest BCUT2D eigenvalue weighted by Gasteiger charge is 2.33. The second kappa shape index (κ2) is 54.5. The predicted molar refractivity (Wildman–Crippen MR) is 529 cm³/mol. The molecule has 13 aromatic rings. The Hall–Kier alpha value is -17.1. The van der Waals surface area contributed by atoms with E-state index >= 15 is 0 Å². The molecule has 3 aliphatic rings. The van der Waals surface area contributed by atoms with E-state index in [1.54, 1.807) is 109 Å². The molecular formula is C106H111F8N17O17. The van der Waals surface area contributed by atoms with Gasteiger partial charge in [0.05, 0.1) is 134 Å². The van der Waals surface area contributed by atoms with Crippen LogP contribution >= 0.6 is 0 Å². The molecule has 0 unspecified atom stereocenters. The normalized spacial score (nSPS) is 13.6. The predicted octanol–water partition coefficient (Wildman–Crippen LogP) is 17.4. The van der Waals surface area contributed by atoms with Crippen LogP contribution < -0.4 is 21.3 Å². The number of benzene rings is 8. The molecule has 778 valence electrons. The number of carboxylic acids is 1. The maximum Gasteiger partial charge on any atom is 0.410 e.